The molecule has 0 radical (unpaired) electrons. The van der Waals surface area contributed by atoms with E-state index in [1.807, 2.05) is 19.0 Å². The molecule has 3 aromatic rings. The van der Waals surface area contributed by atoms with Crippen LogP contribution in [0.4, 0.5) is 0 Å². The van der Waals surface area contributed by atoms with Crippen LogP contribution >= 0.6 is 23.2 Å². The molecule has 1 heterocycles. The van der Waals surface area contributed by atoms with Crippen LogP contribution in [0.2, 0.25) is 10.0 Å². The normalized spacial score (nSPS) is 13.1. The summed E-state index contributed by atoms with van der Waals surface area (Å²) in [5.74, 6) is 2.70. The highest BCUT2D eigenvalue weighted by atomic mass is 35.5. The molecule has 2 saturated carbocycles. The Morgan fingerprint density at radius 1 is 0.885 bits per heavy atom. The quantitative estimate of drug-likeness (QED) is 0.0787. The van der Waals surface area contributed by atoms with Crippen molar-refractivity contribution in [2.75, 3.05) is 28.3 Å². The van der Waals surface area contributed by atoms with E-state index < -0.39 is 0 Å². The zero-order valence-electron chi connectivity index (χ0n) is 30.3. The fourth-order valence-electron chi connectivity index (χ4n) is 4.72. The molecule has 2 aromatic carbocycles. The van der Waals surface area contributed by atoms with Gasteiger partial charge in [0.1, 0.15) is 5.78 Å². The van der Waals surface area contributed by atoms with E-state index in [0.29, 0.717) is 49.5 Å². The largest absolute Gasteiger partial charge is 0.360 e. The number of ketones is 3. The van der Waals surface area contributed by atoms with Crippen LogP contribution in [0.3, 0.4) is 0 Å². The Balaban J connectivity index is 0.000000289. The highest BCUT2D eigenvalue weighted by molar-refractivity contribution is 6.32. The smallest absolute Gasteiger partial charge is 0.217 e. The number of hydrogen-bond donors (Lipinski definition) is 4. The van der Waals surface area contributed by atoms with Gasteiger partial charge in [-0.15, -0.1) is 0 Å². The number of hydrogen-bond acceptors (Lipinski definition) is 11. The summed E-state index contributed by atoms with van der Waals surface area (Å²) >= 11 is 12.1. The van der Waals surface area contributed by atoms with Gasteiger partial charge in [-0.25, -0.2) is 11.1 Å². The van der Waals surface area contributed by atoms with Gasteiger partial charge in [0.05, 0.1) is 18.2 Å². The van der Waals surface area contributed by atoms with E-state index in [4.69, 9.17) is 42.4 Å². The lowest BCUT2D eigenvalue weighted by Gasteiger charge is -2.19. The van der Waals surface area contributed by atoms with Crippen LogP contribution in [0.5, 0.6) is 0 Å². The Morgan fingerprint density at radius 3 is 1.81 bits per heavy atom. The summed E-state index contributed by atoms with van der Waals surface area (Å²) in [5.41, 5.74) is 2.85. The molecule has 2 amide bonds. The van der Waals surface area contributed by atoms with E-state index >= 15 is 0 Å². The van der Waals surface area contributed by atoms with Gasteiger partial charge in [0, 0.05) is 74.2 Å². The van der Waals surface area contributed by atoms with Crippen molar-refractivity contribution in [1.82, 2.24) is 20.7 Å². The Morgan fingerprint density at radius 2 is 1.38 bits per heavy atom. The number of carbonyl (C=O) groups excluding carboxylic acids is 5. The molecular weight excluding hydrogens is 717 g/mol. The molecule has 52 heavy (non-hydrogen) atoms. The number of quaternary nitrogens is 1. The maximum Gasteiger partial charge on any atom is 0.217 e. The maximum absolute atomic E-state index is 12.6. The van der Waals surface area contributed by atoms with Crippen molar-refractivity contribution < 1.29 is 49.1 Å². The summed E-state index contributed by atoms with van der Waals surface area (Å²) in [6.07, 6.45) is 5.08. The van der Waals surface area contributed by atoms with Crippen molar-refractivity contribution in [3.8, 4) is 0 Å². The van der Waals surface area contributed by atoms with E-state index in [-0.39, 0.29) is 61.0 Å². The van der Waals surface area contributed by atoms with E-state index in [0.717, 1.165) is 25.7 Å². The predicted octanol–water partition coefficient (Wildman–Crippen LogP) is 4.34. The number of nitrogens with one attached hydrogen (secondary N) is 2. The molecule has 0 unspecified atom stereocenters. The summed E-state index contributed by atoms with van der Waals surface area (Å²) in [7, 11) is 6.98. The van der Waals surface area contributed by atoms with Crippen LogP contribution in [0.1, 0.15) is 95.0 Å². The summed E-state index contributed by atoms with van der Waals surface area (Å²) in [6, 6.07) is 9.91. The van der Waals surface area contributed by atoms with Crippen LogP contribution in [0.25, 0.3) is 0 Å². The number of rotatable bonds is 14. The summed E-state index contributed by atoms with van der Waals surface area (Å²) in [5, 5.41) is 16.8. The minimum atomic E-state index is -0.213. The molecule has 284 valence electrons. The third-order valence-corrected chi connectivity index (χ3v) is 8.45. The van der Waals surface area contributed by atoms with Gasteiger partial charge in [-0.2, -0.15) is 0 Å². The third-order valence-electron chi connectivity index (χ3n) is 7.71. The Labute approximate surface area is 313 Å². The second kappa shape index (κ2) is 22.1. The van der Waals surface area contributed by atoms with Crippen molar-refractivity contribution in [1.29, 1.82) is 0 Å². The first kappa shape index (κ1) is 44.1. The molecular formula is C36H48Cl2N5O9+. The molecule has 6 N–H and O–H groups in total. The fraction of sp³-hybridized carbons (Fsp3) is 0.444. The number of ether oxygens (including phenoxy) is 2. The van der Waals surface area contributed by atoms with Gasteiger partial charge >= 0.3 is 0 Å². The second-order valence-corrected chi connectivity index (χ2v) is 13.0. The molecule has 16 heteroatoms. The van der Waals surface area contributed by atoms with E-state index in [2.05, 4.69) is 21.7 Å². The zero-order chi connectivity index (χ0) is 39.0. The molecule has 5 rings (SSSR count). The number of benzene rings is 2. The number of Topliss-reactive ketones (excluding diaryl/α,β-unsaturated/α-hetero) is 2. The molecule has 2 fully saturated rings. The van der Waals surface area contributed by atoms with Gasteiger partial charge in [-0.1, -0.05) is 28.4 Å². The Kier molecular flexibility index (Phi) is 18.8. The van der Waals surface area contributed by atoms with Gasteiger partial charge in [0.2, 0.25) is 18.2 Å². The van der Waals surface area contributed by atoms with Crippen LogP contribution < -0.4 is 16.5 Å². The first-order valence-corrected chi connectivity index (χ1v) is 17.2. The van der Waals surface area contributed by atoms with Crippen LogP contribution in [0.15, 0.2) is 47.1 Å². The number of nitrogens with zero attached hydrogens (tertiary/aromatic N) is 2. The Bertz CT molecular complexity index is 1670. The van der Waals surface area contributed by atoms with Gasteiger partial charge < -0.3 is 24.6 Å². The monoisotopic (exact) mass is 764 g/mol. The van der Waals surface area contributed by atoms with Crippen LogP contribution in [-0.4, -0.2) is 79.2 Å². The summed E-state index contributed by atoms with van der Waals surface area (Å²) < 4.78 is 14.9. The molecule has 1 aromatic heterocycles. The molecule has 0 saturated heterocycles. The molecule has 2 aliphatic rings. The standard InChI is InChI=1S/C16H15ClN2O3.C15H16ClNO3.C5H13NO2.H4NO/c1-9(20)18-7-12-6-11(4-5-14(12)17)15(21)13-8-19-22-16(13)10-2-3-10;1-9(18)17-8-12-6-11(4-5-13(12)16)15(20)7-14(19)10-2-3-10;1-6(2)5(7-3)8-4;1-2/h4-6,8,10H,2-3,7H2,1H3,(H,18,20);4-6,10H,2-3,7-8H2,1H3,(H,17,18);5H,1-4H3;2H,1H3/q;;;+1. The van der Waals surface area contributed by atoms with E-state index in [1.165, 1.54) is 20.0 Å². The summed E-state index contributed by atoms with van der Waals surface area (Å²) in [4.78, 5) is 60.1. The lowest BCUT2D eigenvalue weighted by molar-refractivity contribution is -0.670. The lowest BCUT2D eigenvalue weighted by atomic mass is 10.0. The Hall–Kier alpha value is -4.02. The second-order valence-electron chi connectivity index (χ2n) is 12.2. The van der Waals surface area contributed by atoms with Gasteiger partial charge in [-0.05, 0) is 87.3 Å². The predicted molar refractivity (Wildman–Crippen MR) is 193 cm³/mol. The van der Waals surface area contributed by atoms with Crippen LogP contribution in [0, 0.1) is 5.92 Å². The van der Waals surface area contributed by atoms with Crippen LogP contribution in [-0.2, 0) is 36.9 Å². The molecule has 0 aliphatic heterocycles. The fourth-order valence-corrected chi connectivity index (χ4v) is 5.09. The molecule has 14 nitrogen and oxygen atoms in total. The van der Waals surface area contributed by atoms with Gasteiger partial charge in [-0.3, -0.25) is 28.9 Å². The highest BCUT2D eigenvalue weighted by Crippen LogP contribution is 2.42. The third kappa shape index (κ3) is 14.5. The van der Waals surface area contributed by atoms with Gasteiger partial charge in [0.15, 0.2) is 17.3 Å². The van der Waals surface area contributed by atoms with Gasteiger partial charge in [0.25, 0.3) is 0 Å². The first-order valence-electron chi connectivity index (χ1n) is 16.4. The maximum atomic E-state index is 12.6. The van der Waals surface area contributed by atoms with Crippen molar-refractivity contribution in [2.24, 2.45) is 5.92 Å². The number of amides is 2. The SMILES string of the molecule is CC(=O)NCc1cc(C(=O)CC(=O)C2CC2)ccc1Cl.CC(=O)NCc1cc(C(=O)c2cnoc2C2CC2)ccc1Cl.COC(OC)N(C)C.[NH3+]O. The molecule has 0 atom stereocenters. The number of aromatic nitrogens is 1. The average Bonchev–Trinajstić information content (AvgIpc) is 4.07. The molecule has 0 spiro atoms. The van der Waals surface area contributed by atoms with Crippen molar-refractivity contribution in [3.63, 3.8) is 0 Å². The topological polar surface area (TPSA) is 205 Å². The summed E-state index contributed by atoms with van der Waals surface area (Å²) in [6.45, 7) is 3.40. The number of carbonyl (C=O) groups is 5. The number of halogens is 2. The zero-order valence-corrected chi connectivity index (χ0v) is 31.8. The first-order chi connectivity index (χ1) is 24.7. The highest BCUT2D eigenvalue weighted by Gasteiger charge is 2.33. The van der Waals surface area contributed by atoms with Crippen molar-refractivity contribution in [3.05, 3.63) is 86.2 Å². The molecule has 0 bridgehead atoms. The minimum absolute atomic E-state index is 0.0216. The molecule has 2 aliphatic carbocycles. The average molecular weight is 766 g/mol. The van der Waals surface area contributed by atoms with E-state index in [1.54, 1.807) is 50.6 Å². The minimum Gasteiger partial charge on any atom is -0.360 e. The van der Waals surface area contributed by atoms with Crippen molar-refractivity contribution >= 4 is 52.4 Å². The van der Waals surface area contributed by atoms with Crippen molar-refractivity contribution in [2.45, 2.75) is 71.4 Å². The number of methoxy groups -OCH3 is 2. The lowest BCUT2D eigenvalue weighted by Crippen LogP contribution is -2.42. The van der Waals surface area contributed by atoms with E-state index in [9.17, 15) is 24.0 Å².